The third-order valence-corrected chi connectivity index (χ3v) is 4.02. The lowest BCUT2D eigenvalue weighted by Gasteiger charge is -2.17. The van der Waals surface area contributed by atoms with Gasteiger partial charge in [-0.25, -0.2) is 0 Å². The average molecular weight is 341 g/mol. The lowest BCUT2D eigenvalue weighted by molar-refractivity contribution is 0.852. The van der Waals surface area contributed by atoms with Crippen molar-refractivity contribution >= 4 is 33.3 Å². The molecule has 100 valence electrons. The third-order valence-electron chi connectivity index (χ3n) is 3.17. The average Bonchev–Trinajstić information content (AvgIpc) is 2.39. The maximum Gasteiger partial charge on any atom is 0.155 e. The van der Waals surface area contributed by atoms with Gasteiger partial charge < -0.3 is 5.32 Å². The van der Waals surface area contributed by atoms with Crippen LogP contribution in [0.3, 0.4) is 0 Å². The van der Waals surface area contributed by atoms with Crippen LogP contribution in [-0.4, -0.2) is 10.2 Å². The van der Waals surface area contributed by atoms with Crippen molar-refractivity contribution < 1.29 is 0 Å². The Balaban J connectivity index is 2.24. The van der Waals surface area contributed by atoms with Gasteiger partial charge in [0.25, 0.3) is 0 Å². The van der Waals surface area contributed by atoms with Crippen molar-refractivity contribution in [2.75, 3.05) is 5.32 Å². The lowest BCUT2D eigenvalue weighted by atomic mass is 10.1. The summed E-state index contributed by atoms with van der Waals surface area (Å²) in [6.45, 7) is 6.03. The van der Waals surface area contributed by atoms with Crippen LogP contribution in [0.25, 0.3) is 0 Å². The number of halogens is 2. The molecular formula is C14H15BrClN3. The second-order valence-electron chi connectivity index (χ2n) is 4.51. The first-order valence-corrected chi connectivity index (χ1v) is 7.17. The molecule has 0 saturated heterocycles. The molecule has 1 heterocycles. The SMILES string of the molecule is Cc1c(Cl)nnc(NC(C)c2cccc(Br)c2)c1C. The third kappa shape index (κ3) is 3.25. The monoisotopic (exact) mass is 339 g/mol. The summed E-state index contributed by atoms with van der Waals surface area (Å²) < 4.78 is 1.06. The smallest absolute Gasteiger partial charge is 0.155 e. The van der Waals surface area contributed by atoms with Gasteiger partial charge in [0.1, 0.15) is 0 Å². The molecule has 5 heteroatoms. The Hall–Kier alpha value is -1.13. The van der Waals surface area contributed by atoms with Crippen molar-refractivity contribution in [1.29, 1.82) is 0 Å². The lowest BCUT2D eigenvalue weighted by Crippen LogP contribution is -2.10. The summed E-state index contributed by atoms with van der Waals surface area (Å²) in [5, 5.41) is 11.9. The van der Waals surface area contributed by atoms with E-state index in [4.69, 9.17) is 11.6 Å². The molecule has 0 radical (unpaired) electrons. The van der Waals surface area contributed by atoms with E-state index in [1.807, 2.05) is 26.0 Å². The molecular weight excluding hydrogens is 326 g/mol. The van der Waals surface area contributed by atoms with Gasteiger partial charge in [-0.3, -0.25) is 0 Å². The van der Waals surface area contributed by atoms with Crippen LogP contribution in [0.2, 0.25) is 5.15 Å². The van der Waals surface area contributed by atoms with Gasteiger partial charge in [-0.2, -0.15) is 0 Å². The number of hydrogen-bond donors (Lipinski definition) is 1. The number of benzene rings is 1. The molecule has 19 heavy (non-hydrogen) atoms. The summed E-state index contributed by atoms with van der Waals surface area (Å²) in [4.78, 5) is 0. The van der Waals surface area contributed by atoms with Gasteiger partial charge in [0, 0.05) is 4.47 Å². The molecule has 1 unspecified atom stereocenters. The fourth-order valence-corrected chi connectivity index (χ4v) is 2.37. The van der Waals surface area contributed by atoms with Crippen molar-refractivity contribution in [1.82, 2.24) is 10.2 Å². The van der Waals surface area contributed by atoms with Gasteiger partial charge in [-0.1, -0.05) is 39.7 Å². The number of anilines is 1. The Bertz CT molecular complexity index is 601. The quantitative estimate of drug-likeness (QED) is 0.881. The Morgan fingerprint density at radius 3 is 2.63 bits per heavy atom. The van der Waals surface area contributed by atoms with Crippen LogP contribution in [-0.2, 0) is 0 Å². The predicted octanol–water partition coefficient (Wildman–Crippen LogP) is 4.68. The van der Waals surface area contributed by atoms with Gasteiger partial charge in [-0.05, 0) is 49.6 Å². The molecule has 1 atom stereocenters. The summed E-state index contributed by atoms with van der Waals surface area (Å²) in [7, 11) is 0. The molecule has 1 aromatic heterocycles. The first-order chi connectivity index (χ1) is 8.99. The molecule has 2 rings (SSSR count). The molecule has 0 amide bonds. The van der Waals surface area contributed by atoms with Crippen molar-refractivity contribution in [2.45, 2.75) is 26.8 Å². The molecule has 2 aromatic rings. The Kier molecular flexibility index (Phi) is 4.42. The highest BCUT2D eigenvalue weighted by molar-refractivity contribution is 9.10. The van der Waals surface area contributed by atoms with Crippen LogP contribution in [0.15, 0.2) is 28.7 Å². The van der Waals surface area contributed by atoms with E-state index in [1.165, 1.54) is 5.56 Å². The molecule has 0 aliphatic carbocycles. The van der Waals surface area contributed by atoms with E-state index >= 15 is 0 Å². The van der Waals surface area contributed by atoms with Crippen LogP contribution in [0, 0.1) is 13.8 Å². The number of nitrogens with zero attached hydrogens (tertiary/aromatic N) is 2. The van der Waals surface area contributed by atoms with Crippen LogP contribution in [0.4, 0.5) is 5.82 Å². The van der Waals surface area contributed by atoms with Crippen LogP contribution in [0.5, 0.6) is 0 Å². The predicted molar refractivity (Wildman–Crippen MR) is 82.7 cm³/mol. The number of aromatic nitrogens is 2. The van der Waals surface area contributed by atoms with E-state index in [2.05, 4.69) is 50.5 Å². The van der Waals surface area contributed by atoms with Gasteiger partial charge in [0.2, 0.25) is 0 Å². The maximum atomic E-state index is 5.95. The van der Waals surface area contributed by atoms with E-state index < -0.39 is 0 Å². The van der Waals surface area contributed by atoms with Crippen LogP contribution >= 0.6 is 27.5 Å². The second-order valence-corrected chi connectivity index (χ2v) is 5.78. The minimum atomic E-state index is 0.145. The van der Waals surface area contributed by atoms with Crippen molar-refractivity contribution in [3.63, 3.8) is 0 Å². The van der Waals surface area contributed by atoms with Gasteiger partial charge in [0.05, 0.1) is 6.04 Å². The normalized spacial score (nSPS) is 12.3. The number of hydrogen-bond acceptors (Lipinski definition) is 3. The summed E-state index contributed by atoms with van der Waals surface area (Å²) in [6.07, 6.45) is 0. The van der Waals surface area contributed by atoms with E-state index in [9.17, 15) is 0 Å². The first-order valence-electron chi connectivity index (χ1n) is 6.00. The first kappa shape index (κ1) is 14.3. The fraction of sp³-hybridized carbons (Fsp3) is 0.286. The summed E-state index contributed by atoms with van der Waals surface area (Å²) in [5.41, 5.74) is 3.17. The maximum absolute atomic E-state index is 5.95. The molecule has 1 aromatic carbocycles. The van der Waals surface area contributed by atoms with Crippen LogP contribution in [0.1, 0.15) is 29.7 Å². The summed E-state index contributed by atoms with van der Waals surface area (Å²) >= 11 is 9.43. The molecule has 3 nitrogen and oxygen atoms in total. The summed E-state index contributed by atoms with van der Waals surface area (Å²) in [6, 6.07) is 8.33. The Morgan fingerprint density at radius 1 is 1.21 bits per heavy atom. The zero-order chi connectivity index (χ0) is 14.0. The van der Waals surface area contributed by atoms with E-state index in [0.717, 1.165) is 21.4 Å². The Labute approximate surface area is 126 Å². The van der Waals surface area contributed by atoms with Crippen molar-refractivity contribution in [3.05, 3.63) is 50.6 Å². The molecule has 0 bridgehead atoms. The minimum absolute atomic E-state index is 0.145. The van der Waals surface area contributed by atoms with Gasteiger partial charge in [-0.15, -0.1) is 10.2 Å². The van der Waals surface area contributed by atoms with Crippen LogP contribution < -0.4 is 5.32 Å². The van der Waals surface area contributed by atoms with E-state index in [-0.39, 0.29) is 6.04 Å². The number of rotatable bonds is 3. The molecule has 1 N–H and O–H groups in total. The molecule has 0 aliphatic rings. The van der Waals surface area contributed by atoms with E-state index in [0.29, 0.717) is 5.15 Å². The van der Waals surface area contributed by atoms with Crippen molar-refractivity contribution in [2.24, 2.45) is 0 Å². The zero-order valence-electron chi connectivity index (χ0n) is 11.0. The molecule has 0 fully saturated rings. The largest absolute Gasteiger partial charge is 0.362 e. The second kappa shape index (κ2) is 5.88. The molecule has 0 aliphatic heterocycles. The highest BCUT2D eigenvalue weighted by Crippen LogP contribution is 2.25. The fourth-order valence-electron chi connectivity index (χ4n) is 1.78. The highest BCUT2D eigenvalue weighted by Gasteiger charge is 2.12. The Morgan fingerprint density at radius 2 is 1.95 bits per heavy atom. The van der Waals surface area contributed by atoms with E-state index in [1.54, 1.807) is 0 Å². The zero-order valence-corrected chi connectivity index (χ0v) is 13.4. The molecule has 0 saturated carbocycles. The van der Waals surface area contributed by atoms with Gasteiger partial charge in [0.15, 0.2) is 11.0 Å². The van der Waals surface area contributed by atoms with Crippen molar-refractivity contribution in [3.8, 4) is 0 Å². The topological polar surface area (TPSA) is 37.8 Å². The highest BCUT2D eigenvalue weighted by atomic mass is 79.9. The molecule has 0 spiro atoms. The standard InChI is InChI=1S/C14H15BrClN3/c1-8-9(2)14(19-18-13(8)16)17-10(3)11-5-4-6-12(15)7-11/h4-7,10H,1-3H3,(H,17,19). The minimum Gasteiger partial charge on any atom is -0.362 e. The van der Waals surface area contributed by atoms with Gasteiger partial charge >= 0.3 is 0 Å². The number of nitrogens with one attached hydrogen (secondary N) is 1. The summed E-state index contributed by atoms with van der Waals surface area (Å²) in [5.74, 6) is 0.773.